The van der Waals surface area contributed by atoms with E-state index in [0.717, 1.165) is 23.6 Å². The molecule has 96 valence electrons. The van der Waals surface area contributed by atoms with Gasteiger partial charge in [0.2, 0.25) is 0 Å². The predicted octanol–water partition coefficient (Wildman–Crippen LogP) is 4.13. The molecule has 18 heavy (non-hydrogen) atoms. The zero-order chi connectivity index (χ0) is 13.0. The molecule has 2 rings (SSSR count). The normalized spacial score (nSPS) is 12.6. The predicted molar refractivity (Wildman–Crippen MR) is 75.0 cm³/mol. The summed E-state index contributed by atoms with van der Waals surface area (Å²) in [4.78, 5) is 0. The first kappa shape index (κ1) is 13.2. The first-order valence-electron chi connectivity index (χ1n) is 6.21. The van der Waals surface area contributed by atoms with E-state index in [1.807, 2.05) is 18.2 Å². The molecule has 0 bridgehead atoms. The Bertz CT molecular complexity index is 493. The average molecular weight is 264 g/mol. The van der Waals surface area contributed by atoms with Crippen molar-refractivity contribution in [3.8, 4) is 0 Å². The Morgan fingerprint density at radius 1 is 1.33 bits per heavy atom. The fourth-order valence-corrected chi connectivity index (χ4v) is 2.37. The van der Waals surface area contributed by atoms with E-state index in [2.05, 4.69) is 25.2 Å². The van der Waals surface area contributed by atoms with Crippen LogP contribution < -0.4 is 5.32 Å². The second kappa shape index (κ2) is 6.07. The van der Waals surface area contributed by atoms with Crippen LogP contribution in [0.25, 0.3) is 0 Å². The molecule has 0 saturated carbocycles. The Labute approximate surface area is 113 Å². The number of rotatable bonds is 5. The van der Waals surface area contributed by atoms with Crippen molar-refractivity contribution in [3.63, 3.8) is 0 Å². The van der Waals surface area contributed by atoms with E-state index in [1.54, 1.807) is 12.5 Å². The Hall–Kier alpha value is -1.25. The Kier molecular flexibility index (Phi) is 4.45. The minimum absolute atomic E-state index is 0.270. The van der Waals surface area contributed by atoms with Crippen molar-refractivity contribution in [1.29, 1.82) is 0 Å². The minimum atomic E-state index is 0.270. The fraction of sp³-hybridized carbons (Fsp3) is 0.333. The van der Waals surface area contributed by atoms with Crippen molar-refractivity contribution in [2.75, 3.05) is 6.54 Å². The van der Waals surface area contributed by atoms with Gasteiger partial charge in [-0.1, -0.05) is 30.7 Å². The summed E-state index contributed by atoms with van der Waals surface area (Å²) in [5, 5.41) is 4.33. The van der Waals surface area contributed by atoms with E-state index in [0.29, 0.717) is 0 Å². The molecule has 1 aromatic heterocycles. The van der Waals surface area contributed by atoms with Gasteiger partial charge in [0.25, 0.3) is 0 Å². The smallest absolute Gasteiger partial charge is 0.0935 e. The van der Waals surface area contributed by atoms with Gasteiger partial charge in [-0.2, -0.15) is 0 Å². The lowest BCUT2D eigenvalue weighted by molar-refractivity contribution is 0.533. The first-order chi connectivity index (χ1) is 8.72. The summed E-state index contributed by atoms with van der Waals surface area (Å²) in [5.74, 6) is 0. The number of halogens is 1. The van der Waals surface area contributed by atoms with Gasteiger partial charge in [0.1, 0.15) is 0 Å². The van der Waals surface area contributed by atoms with Crippen LogP contribution in [0.4, 0.5) is 0 Å². The summed E-state index contributed by atoms with van der Waals surface area (Å²) in [7, 11) is 0. The molecule has 0 fully saturated rings. The van der Waals surface area contributed by atoms with E-state index in [4.69, 9.17) is 16.0 Å². The molecule has 1 aromatic carbocycles. The molecular weight excluding hydrogens is 246 g/mol. The molecule has 1 atom stereocenters. The maximum Gasteiger partial charge on any atom is 0.0935 e. The summed E-state index contributed by atoms with van der Waals surface area (Å²) < 4.78 is 5.13. The van der Waals surface area contributed by atoms with Crippen molar-refractivity contribution in [1.82, 2.24) is 5.32 Å². The van der Waals surface area contributed by atoms with Gasteiger partial charge in [0.15, 0.2) is 0 Å². The van der Waals surface area contributed by atoms with E-state index >= 15 is 0 Å². The molecule has 1 N–H and O–H groups in total. The molecule has 0 amide bonds. The highest BCUT2D eigenvalue weighted by molar-refractivity contribution is 6.31. The summed E-state index contributed by atoms with van der Waals surface area (Å²) in [6.07, 6.45) is 4.42. The molecule has 3 heteroatoms. The van der Waals surface area contributed by atoms with Crippen molar-refractivity contribution < 1.29 is 4.42 Å². The van der Waals surface area contributed by atoms with Gasteiger partial charge in [0.05, 0.1) is 12.5 Å². The van der Waals surface area contributed by atoms with E-state index < -0.39 is 0 Å². The summed E-state index contributed by atoms with van der Waals surface area (Å²) >= 11 is 6.19. The molecule has 2 aromatic rings. The quantitative estimate of drug-likeness (QED) is 0.877. The van der Waals surface area contributed by atoms with Gasteiger partial charge in [0, 0.05) is 11.1 Å². The second-order valence-electron chi connectivity index (χ2n) is 4.40. The Morgan fingerprint density at radius 2 is 2.17 bits per heavy atom. The van der Waals surface area contributed by atoms with E-state index in [1.165, 1.54) is 11.1 Å². The third-order valence-electron chi connectivity index (χ3n) is 3.16. The summed E-state index contributed by atoms with van der Waals surface area (Å²) in [5.41, 5.74) is 3.60. The van der Waals surface area contributed by atoms with Crippen LogP contribution in [0.2, 0.25) is 5.02 Å². The Balaban J connectivity index is 2.26. The van der Waals surface area contributed by atoms with E-state index in [9.17, 15) is 0 Å². The third kappa shape index (κ3) is 2.95. The van der Waals surface area contributed by atoms with Gasteiger partial charge in [-0.3, -0.25) is 0 Å². The highest BCUT2D eigenvalue weighted by atomic mass is 35.5. The lowest BCUT2D eigenvalue weighted by Gasteiger charge is -2.20. The van der Waals surface area contributed by atoms with Gasteiger partial charge in [-0.05, 0) is 48.7 Å². The molecule has 0 aliphatic carbocycles. The van der Waals surface area contributed by atoms with Crippen LogP contribution in [0, 0.1) is 6.92 Å². The van der Waals surface area contributed by atoms with Crippen LogP contribution in [0.15, 0.2) is 41.2 Å². The standard InChI is InChI=1S/C15H18ClNO/c1-3-17-15(9-12-7-8-18-10-12)13-5-4-6-14(16)11(13)2/h4-8,10,15,17H,3,9H2,1-2H3. The first-order valence-corrected chi connectivity index (χ1v) is 6.59. The molecule has 2 nitrogen and oxygen atoms in total. The zero-order valence-electron chi connectivity index (χ0n) is 10.7. The monoisotopic (exact) mass is 263 g/mol. The number of furan rings is 1. The summed E-state index contributed by atoms with van der Waals surface area (Å²) in [6.45, 7) is 5.11. The maximum absolute atomic E-state index is 6.19. The SMILES string of the molecule is CCNC(Cc1ccoc1)c1cccc(Cl)c1C. The molecule has 0 radical (unpaired) electrons. The van der Waals surface area contributed by atoms with Crippen molar-refractivity contribution >= 4 is 11.6 Å². The van der Waals surface area contributed by atoms with Gasteiger partial charge in [-0.25, -0.2) is 0 Å². The Morgan fingerprint density at radius 3 is 2.83 bits per heavy atom. The zero-order valence-corrected chi connectivity index (χ0v) is 11.5. The third-order valence-corrected chi connectivity index (χ3v) is 3.56. The van der Waals surface area contributed by atoms with Gasteiger partial charge < -0.3 is 9.73 Å². The number of likely N-dealkylation sites (N-methyl/N-ethyl adjacent to an activating group) is 1. The molecule has 1 heterocycles. The second-order valence-corrected chi connectivity index (χ2v) is 4.81. The summed E-state index contributed by atoms with van der Waals surface area (Å²) in [6, 6.07) is 8.34. The van der Waals surface area contributed by atoms with E-state index in [-0.39, 0.29) is 6.04 Å². The fourth-order valence-electron chi connectivity index (χ4n) is 2.18. The minimum Gasteiger partial charge on any atom is -0.472 e. The molecule has 1 unspecified atom stereocenters. The maximum atomic E-state index is 6.19. The highest BCUT2D eigenvalue weighted by Gasteiger charge is 2.15. The molecule has 0 spiro atoms. The average Bonchev–Trinajstić information content (AvgIpc) is 2.85. The van der Waals surface area contributed by atoms with Crippen LogP contribution >= 0.6 is 11.6 Å². The molecule has 0 aliphatic rings. The number of nitrogens with one attached hydrogen (secondary N) is 1. The number of benzene rings is 1. The van der Waals surface area contributed by atoms with Crippen LogP contribution in [0.3, 0.4) is 0 Å². The molecule has 0 aliphatic heterocycles. The molecular formula is C15H18ClNO. The molecule has 0 saturated heterocycles. The van der Waals surface area contributed by atoms with Crippen molar-refractivity contribution in [2.24, 2.45) is 0 Å². The van der Waals surface area contributed by atoms with Crippen molar-refractivity contribution in [3.05, 3.63) is 58.5 Å². The van der Waals surface area contributed by atoms with Crippen LogP contribution in [-0.2, 0) is 6.42 Å². The number of hydrogen-bond donors (Lipinski definition) is 1. The van der Waals surface area contributed by atoms with Gasteiger partial charge in [-0.15, -0.1) is 0 Å². The van der Waals surface area contributed by atoms with Crippen LogP contribution in [-0.4, -0.2) is 6.54 Å². The highest BCUT2D eigenvalue weighted by Crippen LogP contribution is 2.26. The van der Waals surface area contributed by atoms with Crippen LogP contribution in [0.5, 0.6) is 0 Å². The lowest BCUT2D eigenvalue weighted by Crippen LogP contribution is -2.23. The lowest BCUT2D eigenvalue weighted by atomic mass is 9.96. The number of hydrogen-bond acceptors (Lipinski definition) is 2. The van der Waals surface area contributed by atoms with Gasteiger partial charge >= 0.3 is 0 Å². The van der Waals surface area contributed by atoms with Crippen LogP contribution in [0.1, 0.15) is 29.7 Å². The van der Waals surface area contributed by atoms with Crippen molar-refractivity contribution in [2.45, 2.75) is 26.3 Å². The topological polar surface area (TPSA) is 25.2 Å². The largest absolute Gasteiger partial charge is 0.472 e.